The zero-order chi connectivity index (χ0) is 17.8. The highest BCUT2D eigenvalue weighted by Gasteiger charge is 2.37. The summed E-state index contributed by atoms with van der Waals surface area (Å²) in [5.41, 5.74) is 2.13. The smallest absolute Gasteiger partial charge is 0.272 e. The number of hydrogen-bond acceptors (Lipinski definition) is 5. The van der Waals surface area contributed by atoms with Crippen molar-refractivity contribution in [1.82, 2.24) is 23.8 Å². The molecule has 2 atom stereocenters. The summed E-state index contributed by atoms with van der Waals surface area (Å²) in [6.45, 7) is 4.44. The van der Waals surface area contributed by atoms with Crippen LogP contribution in [0.15, 0.2) is 16.9 Å². The van der Waals surface area contributed by atoms with E-state index in [1.807, 2.05) is 13.0 Å². The van der Waals surface area contributed by atoms with Crippen LogP contribution in [0.2, 0.25) is 0 Å². The second kappa shape index (κ2) is 5.93. The van der Waals surface area contributed by atoms with Crippen LogP contribution in [0.1, 0.15) is 24.2 Å². The molecule has 0 aliphatic carbocycles. The van der Waals surface area contributed by atoms with Gasteiger partial charge in [-0.2, -0.15) is 0 Å². The highest BCUT2D eigenvalue weighted by atomic mass is 32.2. The monoisotopic (exact) mass is 365 g/mol. The molecule has 0 radical (unpaired) electrons. The Morgan fingerprint density at radius 3 is 2.80 bits per heavy atom. The molecule has 3 saturated heterocycles. The maximum absolute atomic E-state index is 12.3. The minimum Gasteiger partial charge on any atom is -0.294 e. The lowest BCUT2D eigenvalue weighted by Crippen LogP contribution is -2.44. The van der Waals surface area contributed by atoms with Gasteiger partial charge in [0, 0.05) is 50.0 Å². The van der Waals surface area contributed by atoms with E-state index >= 15 is 0 Å². The van der Waals surface area contributed by atoms with Crippen molar-refractivity contribution >= 4 is 15.7 Å². The van der Waals surface area contributed by atoms with Gasteiger partial charge in [0.05, 0.1) is 11.9 Å². The second-order valence-corrected chi connectivity index (χ2v) is 9.31. The topological polar surface area (TPSA) is 90.8 Å². The third kappa shape index (κ3) is 3.23. The molecule has 9 heteroatoms. The molecule has 3 fully saturated rings. The summed E-state index contributed by atoms with van der Waals surface area (Å²) >= 11 is 0. The predicted octanol–water partition coefficient (Wildman–Crippen LogP) is 0.187. The zero-order valence-electron chi connectivity index (χ0n) is 14.5. The number of nitrogens with one attached hydrogen (secondary N) is 1. The summed E-state index contributed by atoms with van der Waals surface area (Å²) in [6.07, 6.45) is 3.33. The lowest BCUT2D eigenvalue weighted by molar-refractivity contribution is 0.124. The molecule has 8 nitrogen and oxygen atoms in total. The van der Waals surface area contributed by atoms with Crippen molar-refractivity contribution in [2.75, 3.05) is 25.9 Å². The number of piperidine rings is 1. The molecule has 2 aromatic rings. The molecular weight excluding hydrogens is 342 g/mol. The second-order valence-electron chi connectivity index (χ2n) is 7.33. The van der Waals surface area contributed by atoms with Crippen LogP contribution in [0, 0.1) is 12.8 Å². The van der Waals surface area contributed by atoms with Crippen LogP contribution in [-0.2, 0) is 16.6 Å². The van der Waals surface area contributed by atoms with E-state index in [0.29, 0.717) is 31.2 Å². The minimum atomic E-state index is -3.17. The third-order valence-electron chi connectivity index (χ3n) is 5.26. The Bertz CT molecular complexity index is 964. The van der Waals surface area contributed by atoms with E-state index in [2.05, 4.69) is 15.0 Å². The Kier molecular flexibility index (Phi) is 3.97. The third-order valence-corrected chi connectivity index (χ3v) is 6.50. The van der Waals surface area contributed by atoms with Gasteiger partial charge in [0.25, 0.3) is 5.56 Å². The van der Waals surface area contributed by atoms with Gasteiger partial charge >= 0.3 is 0 Å². The maximum atomic E-state index is 12.3. The predicted molar refractivity (Wildman–Crippen MR) is 93.9 cm³/mol. The van der Waals surface area contributed by atoms with Crippen molar-refractivity contribution in [1.29, 1.82) is 0 Å². The van der Waals surface area contributed by atoms with Gasteiger partial charge in [0.15, 0.2) is 5.65 Å². The zero-order valence-corrected chi connectivity index (χ0v) is 15.3. The van der Waals surface area contributed by atoms with E-state index in [4.69, 9.17) is 0 Å². The largest absolute Gasteiger partial charge is 0.294 e. The fourth-order valence-electron chi connectivity index (χ4n) is 4.05. The van der Waals surface area contributed by atoms with Crippen molar-refractivity contribution < 1.29 is 8.42 Å². The number of aryl methyl sites for hydroxylation is 1. The van der Waals surface area contributed by atoms with Crippen LogP contribution >= 0.6 is 0 Å². The molecule has 3 aliphatic rings. The average Bonchev–Trinajstić information content (AvgIpc) is 2.69. The number of nitrogens with zero attached hydrogens (tertiary/aromatic N) is 4. The molecule has 5 heterocycles. The van der Waals surface area contributed by atoms with E-state index in [1.54, 1.807) is 10.4 Å². The first-order chi connectivity index (χ1) is 11.8. The molecule has 25 heavy (non-hydrogen) atoms. The van der Waals surface area contributed by atoms with Gasteiger partial charge in [-0.15, -0.1) is 0 Å². The highest BCUT2D eigenvalue weighted by molar-refractivity contribution is 7.88. The number of aromatic amines is 1. The Morgan fingerprint density at radius 2 is 2.04 bits per heavy atom. The first-order valence-electron chi connectivity index (χ1n) is 8.57. The van der Waals surface area contributed by atoms with Gasteiger partial charge in [0.2, 0.25) is 10.0 Å². The van der Waals surface area contributed by atoms with Crippen molar-refractivity contribution in [3.8, 4) is 0 Å². The summed E-state index contributed by atoms with van der Waals surface area (Å²) in [6, 6.07) is 3.60. The lowest BCUT2D eigenvalue weighted by Gasteiger charge is -2.35. The standard InChI is InChI=1S/C16H23N5O3S/c1-11-5-15-17-13(6-16(22)21(15)18-11)9-19-7-12-3-4-14(19)10-20(8-12)25(2,23)24/h5-6,12,14,18H,3-4,7-10H2,1-2H3/t12-,14-/m0/s1. The molecule has 136 valence electrons. The molecule has 5 rings (SSSR count). The van der Waals surface area contributed by atoms with E-state index in [0.717, 1.165) is 30.8 Å². The quantitative estimate of drug-likeness (QED) is 0.838. The van der Waals surface area contributed by atoms with Gasteiger partial charge in [-0.25, -0.2) is 22.2 Å². The maximum Gasteiger partial charge on any atom is 0.272 e. The van der Waals surface area contributed by atoms with Crippen LogP contribution in [0.5, 0.6) is 0 Å². The van der Waals surface area contributed by atoms with Crippen molar-refractivity contribution in [2.24, 2.45) is 5.92 Å². The molecule has 0 spiro atoms. The van der Waals surface area contributed by atoms with E-state index in [9.17, 15) is 13.2 Å². The summed E-state index contributed by atoms with van der Waals surface area (Å²) in [4.78, 5) is 19.1. The van der Waals surface area contributed by atoms with Crippen LogP contribution in [0.25, 0.3) is 5.65 Å². The summed E-state index contributed by atoms with van der Waals surface area (Å²) in [5.74, 6) is 0.341. The van der Waals surface area contributed by atoms with E-state index in [1.165, 1.54) is 10.8 Å². The van der Waals surface area contributed by atoms with Gasteiger partial charge in [-0.3, -0.25) is 14.8 Å². The van der Waals surface area contributed by atoms with Gasteiger partial charge in [-0.05, 0) is 25.7 Å². The molecule has 0 unspecified atom stereocenters. The fraction of sp³-hybridized carbons (Fsp3) is 0.625. The van der Waals surface area contributed by atoms with Crippen molar-refractivity contribution in [2.45, 2.75) is 32.4 Å². The number of fused-ring (bicyclic) bond motifs is 5. The first kappa shape index (κ1) is 16.7. The summed E-state index contributed by atoms with van der Waals surface area (Å²) < 4.78 is 27.0. The van der Waals surface area contributed by atoms with Crippen LogP contribution in [-0.4, -0.2) is 64.2 Å². The van der Waals surface area contributed by atoms with Crippen LogP contribution in [0.4, 0.5) is 0 Å². The van der Waals surface area contributed by atoms with Crippen LogP contribution < -0.4 is 5.56 Å². The molecule has 3 aliphatic heterocycles. The lowest BCUT2D eigenvalue weighted by atomic mass is 9.95. The number of H-pyrrole nitrogens is 1. The molecule has 2 aromatic heterocycles. The average molecular weight is 365 g/mol. The van der Waals surface area contributed by atoms with Gasteiger partial charge in [0.1, 0.15) is 0 Å². The number of rotatable bonds is 3. The summed E-state index contributed by atoms with van der Waals surface area (Å²) in [5, 5.41) is 2.97. The molecule has 1 N–H and O–H groups in total. The summed E-state index contributed by atoms with van der Waals surface area (Å²) in [7, 11) is -3.17. The normalized spacial score (nSPS) is 25.5. The van der Waals surface area contributed by atoms with Crippen molar-refractivity contribution in [3.63, 3.8) is 0 Å². The van der Waals surface area contributed by atoms with E-state index in [-0.39, 0.29) is 11.6 Å². The van der Waals surface area contributed by atoms with Crippen molar-refractivity contribution in [3.05, 3.63) is 33.9 Å². The van der Waals surface area contributed by atoms with Crippen LogP contribution in [0.3, 0.4) is 0 Å². The number of sulfonamides is 1. The molecule has 0 aromatic carbocycles. The molecule has 0 amide bonds. The fourth-order valence-corrected chi connectivity index (χ4v) is 4.97. The molecule has 0 saturated carbocycles. The van der Waals surface area contributed by atoms with Gasteiger partial charge in [-0.1, -0.05) is 0 Å². The Labute approximate surface area is 146 Å². The molecule has 2 bridgehead atoms. The Hall–Kier alpha value is -1.71. The SMILES string of the molecule is Cc1cc2nc(CN3C[C@@H]4CC[C@H]3CN(S(C)(=O)=O)C4)cc(=O)n2[nH]1. The Morgan fingerprint density at radius 1 is 1.24 bits per heavy atom. The number of aromatic nitrogens is 3. The van der Waals surface area contributed by atoms with E-state index < -0.39 is 10.0 Å². The highest BCUT2D eigenvalue weighted by Crippen LogP contribution is 2.29. The Balaban J connectivity index is 1.60. The van der Waals surface area contributed by atoms with Gasteiger partial charge < -0.3 is 0 Å². The first-order valence-corrected chi connectivity index (χ1v) is 10.4. The minimum absolute atomic E-state index is 0.120. The molecular formula is C16H23N5O3S. The number of hydrogen-bond donors (Lipinski definition) is 1.